The van der Waals surface area contributed by atoms with Gasteiger partial charge in [0.05, 0.1) is 33.9 Å². The second kappa shape index (κ2) is 12.8. The van der Waals surface area contributed by atoms with Crippen molar-refractivity contribution in [3.63, 3.8) is 0 Å². The lowest BCUT2D eigenvalue weighted by atomic mass is 9.97. The Kier molecular flexibility index (Phi) is 8.88. The Morgan fingerprint density at radius 2 is 1.85 bits per heavy atom. The number of likely N-dealkylation sites (tertiary alicyclic amines) is 1. The zero-order chi connectivity index (χ0) is 34.5. The number of alkyl halides is 3. The molecule has 5 aromatic rings. The molecule has 0 unspecified atom stereocenters. The monoisotopic (exact) mass is 685 g/mol. The molecule has 1 aliphatic heterocycles. The van der Waals surface area contributed by atoms with Crippen LogP contribution < -0.4 is 5.32 Å². The van der Waals surface area contributed by atoms with Crippen molar-refractivity contribution >= 4 is 45.5 Å². The lowest BCUT2D eigenvalue weighted by Gasteiger charge is -2.20. The maximum Gasteiger partial charge on any atom is 0.417 e. The van der Waals surface area contributed by atoms with Gasteiger partial charge in [0.1, 0.15) is 28.7 Å². The number of fused-ring (bicyclic) bond motifs is 2. The number of halogens is 6. The highest BCUT2D eigenvalue weighted by molar-refractivity contribution is 6.38. The molecule has 250 valence electrons. The number of nitrogens with one attached hydrogen (secondary N) is 1. The van der Waals surface area contributed by atoms with Gasteiger partial charge in [-0.15, -0.1) is 0 Å². The summed E-state index contributed by atoms with van der Waals surface area (Å²) in [4.78, 5) is 32.3. The minimum Gasteiger partial charge on any atom is -0.395 e. The fourth-order valence-corrected chi connectivity index (χ4v) is 6.54. The molecule has 4 heterocycles. The highest BCUT2D eigenvalue weighted by Crippen LogP contribution is 2.45. The number of pyridine rings is 1. The third kappa shape index (κ3) is 5.97. The van der Waals surface area contributed by atoms with Crippen LogP contribution in [0.5, 0.6) is 0 Å². The van der Waals surface area contributed by atoms with Crippen molar-refractivity contribution < 1.29 is 36.6 Å². The summed E-state index contributed by atoms with van der Waals surface area (Å²) in [5.74, 6) is -3.52. The second-order valence-corrected chi connectivity index (χ2v) is 12.0. The van der Waals surface area contributed by atoms with Crippen LogP contribution in [-0.2, 0) is 18.0 Å². The number of ketones is 1. The normalized spacial score (nSPS) is 15.7. The van der Waals surface area contributed by atoms with E-state index < -0.39 is 40.8 Å². The summed E-state index contributed by atoms with van der Waals surface area (Å²) in [6.45, 7) is 2.78. The van der Waals surface area contributed by atoms with Crippen LogP contribution in [0.2, 0.25) is 5.02 Å². The van der Waals surface area contributed by atoms with Gasteiger partial charge in [-0.3, -0.25) is 14.5 Å². The number of hydrogen-bond acceptors (Lipinski definition) is 5. The van der Waals surface area contributed by atoms with Crippen LogP contribution in [-0.4, -0.2) is 61.4 Å². The smallest absolute Gasteiger partial charge is 0.395 e. The Balaban J connectivity index is 1.31. The lowest BCUT2D eigenvalue weighted by molar-refractivity contribution is -0.137. The SMILES string of the molecule is Cc1nc2c(Cl)c(-c3cccn4c(C(=O)c5cc(F)c(NC(=O)/C=C/CN6CCC[C@H]6CO)c(F)c5)ccc34)c(C(F)(F)F)cc2n1C. The third-order valence-corrected chi connectivity index (χ3v) is 9.08. The Morgan fingerprint density at radius 1 is 1.12 bits per heavy atom. The van der Waals surface area contributed by atoms with E-state index in [0.29, 0.717) is 12.4 Å². The Bertz CT molecular complexity index is 2100. The van der Waals surface area contributed by atoms with Gasteiger partial charge in [-0.05, 0) is 62.7 Å². The first-order chi connectivity index (χ1) is 22.8. The summed E-state index contributed by atoms with van der Waals surface area (Å²) in [6.07, 6.45) is 1.08. The summed E-state index contributed by atoms with van der Waals surface area (Å²) in [6, 6.07) is 8.16. The number of amides is 1. The molecule has 0 bridgehead atoms. The fraction of sp³-hybridized carbons (Fsp3) is 0.265. The average Bonchev–Trinajstić information content (AvgIpc) is 3.76. The number of aromatic nitrogens is 3. The number of benzene rings is 2. The van der Waals surface area contributed by atoms with Crippen molar-refractivity contribution in [3.8, 4) is 11.1 Å². The number of imidazole rings is 1. The molecular weight excluding hydrogens is 657 g/mol. The van der Waals surface area contributed by atoms with Crippen molar-refractivity contribution in [2.24, 2.45) is 7.05 Å². The second-order valence-electron chi connectivity index (χ2n) is 11.6. The minimum absolute atomic E-state index is 0.00236. The molecule has 6 rings (SSSR count). The predicted octanol–water partition coefficient (Wildman–Crippen LogP) is 6.93. The molecule has 0 aliphatic carbocycles. The van der Waals surface area contributed by atoms with Crippen molar-refractivity contribution in [1.82, 2.24) is 18.9 Å². The maximum absolute atomic E-state index is 15.1. The van der Waals surface area contributed by atoms with Crippen LogP contribution in [0.3, 0.4) is 0 Å². The molecule has 8 nitrogen and oxygen atoms in total. The average molecular weight is 686 g/mol. The highest BCUT2D eigenvalue weighted by atomic mass is 35.5. The Morgan fingerprint density at radius 3 is 2.54 bits per heavy atom. The van der Waals surface area contributed by atoms with Crippen LogP contribution in [0.4, 0.5) is 27.6 Å². The van der Waals surface area contributed by atoms with Gasteiger partial charge < -0.3 is 19.4 Å². The van der Waals surface area contributed by atoms with Crippen LogP contribution in [0, 0.1) is 18.6 Å². The molecule has 1 aliphatic rings. The van der Waals surface area contributed by atoms with Gasteiger partial charge in [0.2, 0.25) is 11.7 Å². The van der Waals surface area contributed by atoms with Gasteiger partial charge in [-0.2, -0.15) is 13.2 Å². The first-order valence-electron chi connectivity index (χ1n) is 15.0. The molecular formula is C34H29ClF5N5O3. The number of nitrogens with zero attached hydrogens (tertiary/aromatic N) is 4. The van der Waals surface area contributed by atoms with Crippen LogP contribution >= 0.6 is 11.6 Å². The van der Waals surface area contributed by atoms with Crippen molar-refractivity contribution in [1.29, 1.82) is 0 Å². The van der Waals surface area contributed by atoms with Gasteiger partial charge in [-0.1, -0.05) is 23.7 Å². The number of anilines is 1. The predicted molar refractivity (Wildman–Crippen MR) is 171 cm³/mol. The Labute approximate surface area is 276 Å². The standard InChI is InChI=1S/C34H29ClF5N5O3/c1-18-41-32-27(43(18)2)16-22(34(38,39)40)29(30(32)35)21-7-4-13-45-25(21)9-10-26(45)33(48)19-14-23(36)31(24(37)15-19)42-28(47)8-5-12-44-11-3-6-20(44)17-46/h4-5,7-10,13-16,20,46H,3,6,11-12,17H2,1-2H3,(H,42,47)/b8-5+/t20-/m0/s1. The molecule has 0 radical (unpaired) electrons. The summed E-state index contributed by atoms with van der Waals surface area (Å²) < 4.78 is 76.3. The number of carbonyl (C=O) groups is 2. The van der Waals surface area contributed by atoms with Crippen LogP contribution in [0.25, 0.3) is 27.7 Å². The molecule has 1 amide bonds. The van der Waals surface area contributed by atoms with Crippen LogP contribution in [0.15, 0.2) is 60.8 Å². The number of rotatable bonds is 8. The largest absolute Gasteiger partial charge is 0.417 e. The Hall–Kier alpha value is -4.59. The summed E-state index contributed by atoms with van der Waals surface area (Å²) in [5.41, 5.74) is -1.88. The summed E-state index contributed by atoms with van der Waals surface area (Å²) in [7, 11) is 1.58. The van der Waals surface area contributed by atoms with Gasteiger partial charge in [0.15, 0.2) is 0 Å². The highest BCUT2D eigenvalue weighted by Gasteiger charge is 2.37. The topological polar surface area (TPSA) is 91.9 Å². The summed E-state index contributed by atoms with van der Waals surface area (Å²) >= 11 is 6.61. The van der Waals surface area contributed by atoms with E-state index in [2.05, 4.69) is 10.3 Å². The molecule has 1 fully saturated rings. The molecule has 2 N–H and O–H groups in total. The molecule has 1 saturated heterocycles. The van der Waals surface area contributed by atoms with Crippen molar-refractivity contribution in [3.05, 3.63) is 100 Å². The summed E-state index contributed by atoms with van der Waals surface area (Å²) in [5, 5.41) is 11.4. The van der Waals surface area contributed by atoms with Gasteiger partial charge in [-0.25, -0.2) is 13.8 Å². The zero-order valence-electron chi connectivity index (χ0n) is 25.7. The number of aliphatic hydroxyl groups excluding tert-OH is 1. The minimum atomic E-state index is -4.79. The van der Waals surface area contributed by atoms with Gasteiger partial charge in [0.25, 0.3) is 0 Å². The molecule has 3 aromatic heterocycles. The van der Waals surface area contributed by atoms with Gasteiger partial charge >= 0.3 is 6.18 Å². The van der Waals surface area contributed by atoms with E-state index >= 15 is 8.78 Å². The zero-order valence-corrected chi connectivity index (χ0v) is 26.5. The maximum atomic E-state index is 15.1. The molecule has 1 atom stereocenters. The molecule has 2 aromatic carbocycles. The number of aryl methyl sites for hydroxylation is 2. The van der Waals surface area contributed by atoms with E-state index in [1.165, 1.54) is 45.5 Å². The number of aliphatic hydroxyl groups is 1. The van der Waals surface area contributed by atoms with Gasteiger partial charge in [0, 0.05) is 48.6 Å². The quantitative estimate of drug-likeness (QED) is 0.105. The van der Waals surface area contributed by atoms with E-state index in [4.69, 9.17) is 11.6 Å². The van der Waals surface area contributed by atoms with Crippen molar-refractivity contribution in [2.75, 3.05) is 25.0 Å². The fourth-order valence-electron chi connectivity index (χ4n) is 6.20. The first-order valence-corrected chi connectivity index (χ1v) is 15.4. The van der Waals surface area contributed by atoms with E-state index in [1.807, 2.05) is 4.90 Å². The van der Waals surface area contributed by atoms with Crippen LogP contribution in [0.1, 0.15) is 40.3 Å². The van der Waals surface area contributed by atoms with E-state index in [0.717, 1.165) is 43.7 Å². The number of hydrogen-bond donors (Lipinski definition) is 2. The molecule has 0 saturated carbocycles. The van der Waals surface area contributed by atoms with E-state index in [9.17, 15) is 27.9 Å². The van der Waals surface area contributed by atoms with E-state index in [-0.39, 0.29) is 56.6 Å². The first kappa shape index (κ1) is 33.3. The molecule has 48 heavy (non-hydrogen) atoms. The molecule has 0 spiro atoms. The van der Waals surface area contributed by atoms with E-state index in [1.54, 1.807) is 14.0 Å². The third-order valence-electron chi connectivity index (χ3n) is 8.71. The molecule has 14 heteroatoms. The number of carbonyl (C=O) groups excluding carboxylic acids is 2. The lowest BCUT2D eigenvalue weighted by Crippen LogP contribution is -2.32. The van der Waals surface area contributed by atoms with Crippen molar-refractivity contribution in [2.45, 2.75) is 32.0 Å².